The normalized spacial score (nSPS) is 9.85. The highest BCUT2D eigenvalue weighted by Crippen LogP contribution is 1.93. The van der Waals surface area contributed by atoms with E-state index in [1.54, 1.807) is 7.11 Å². The molecular formula is C12H23N3O5. The molecule has 0 aliphatic rings. The van der Waals surface area contributed by atoms with E-state index in [1.165, 1.54) is 0 Å². The Labute approximate surface area is 118 Å². The van der Waals surface area contributed by atoms with Gasteiger partial charge in [0.25, 0.3) is 0 Å². The van der Waals surface area contributed by atoms with Crippen molar-refractivity contribution in [3.05, 3.63) is 0 Å². The molecule has 0 aromatic rings. The van der Waals surface area contributed by atoms with Gasteiger partial charge in [0.15, 0.2) is 0 Å². The van der Waals surface area contributed by atoms with Crippen molar-refractivity contribution in [2.24, 2.45) is 0 Å². The Morgan fingerprint density at radius 3 is 2.30 bits per heavy atom. The maximum Gasteiger partial charge on any atom is 0.314 e. The zero-order chi connectivity index (χ0) is 15.2. The summed E-state index contributed by atoms with van der Waals surface area (Å²) in [6.07, 6.45) is 1.44. The van der Waals surface area contributed by atoms with Crippen LogP contribution in [0.3, 0.4) is 0 Å². The van der Waals surface area contributed by atoms with Gasteiger partial charge in [-0.3, -0.25) is 9.59 Å². The van der Waals surface area contributed by atoms with E-state index in [0.717, 1.165) is 0 Å². The Morgan fingerprint density at radius 1 is 0.950 bits per heavy atom. The van der Waals surface area contributed by atoms with Crippen molar-refractivity contribution in [3.63, 3.8) is 0 Å². The smallest absolute Gasteiger partial charge is 0.314 e. The Bertz CT molecular complexity index is 309. The molecule has 3 amide bonds. The average molecular weight is 289 g/mol. The Hall–Kier alpha value is -1.83. The number of aliphatic carboxylic acids is 1. The van der Waals surface area contributed by atoms with Crippen LogP contribution in [0.1, 0.15) is 25.7 Å². The third-order valence-electron chi connectivity index (χ3n) is 2.37. The van der Waals surface area contributed by atoms with E-state index >= 15 is 0 Å². The Balaban J connectivity index is 3.40. The number of carboxylic acid groups (broad SMARTS) is 1. The van der Waals surface area contributed by atoms with Gasteiger partial charge in [-0.15, -0.1) is 0 Å². The first-order valence-electron chi connectivity index (χ1n) is 6.55. The predicted molar refractivity (Wildman–Crippen MR) is 72.4 cm³/mol. The first-order valence-corrected chi connectivity index (χ1v) is 6.55. The monoisotopic (exact) mass is 289 g/mol. The van der Waals surface area contributed by atoms with E-state index < -0.39 is 5.97 Å². The van der Waals surface area contributed by atoms with Gasteiger partial charge in [-0.05, 0) is 12.8 Å². The van der Waals surface area contributed by atoms with Gasteiger partial charge < -0.3 is 25.8 Å². The van der Waals surface area contributed by atoms with Gasteiger partial charge in [0, 0.05) is 39.6 Å². The Morgan fingerprint density at radius 2 is 1.65 bits per heavy atom. The van der Waals surface area contributed by atoms with Crippen LogP contribution in [0.4, 0.5) is 4.79 Å². The molecule has 0 aromatic heterocycles. The third-order valence-corrected chi connectivity index (χ3v) is 2.37. The lowest BCUT2D eigenvalue weighted by molar-refractivity contribution is -0.137. The van der Waals surface area contributed by atoms with Gasteiger partial charge in [-0.25, -0.2) is 4.79 Å². The van der Waals surface area contributed by atoms with Crippen LogP contribution in [0.15, 0.2) is 0 Å². The number of unbranched alkanes of at least 4 members (excludes halogenated alkanes) is 1. The number of carbonyl (C=O) groups is 3. The summed E-state index contributed by atoms with van der Waals surface area (Å²) in [5, 5.41) is 16.2. The molecule has 8 nitrogen and oxygen atoms in total. The molecule has 20 heavy (non-hydrogen) atoms. The lowest BCUT2D eigenvalue weighted by atomic mass is 10.2. The van der Waals surface area contributed by atoms with Crippen LogP contribution in [0, 0.1) is 0 Å². The number of hydrogen-bond donors (Lipinski definition) is 4. The number of methoxy groups -OCH3 is 1. The quantitative estimate of drug-likeness (QED) is 0.389. The lowest BCUT2D eigenvalue weighted by Gasteiger charge is -2.07. The summed E-state index contributed by atoms with van der Waals surface area (Å²) in [4.78, 5) is 32.8. The molecule has 0 rings (SSSR count). The van der Waals surface area contributed by atoms with Crippen molar-refractivity contribution >= 4 is 17.9 Å². The standard InChI is InChI=1S/C12H23N3O5/c1-20-9-8-13-10(16)5-7-15-12(19)14-6-3-2-4-11(17)18/h2-9H2,1H3,(H,13,16)(H,17,18)(H2,14,15,19). The summed E-state index contributed by atoms with van der Waals surface area (Å²) in [6, 6.07) is -0.356. The van der Waals surface area contributed by atoms with Crippen LogP contribution in [-0.4, -0.2) is 56.4 Å². The van der Waals surface area contributed by atoms with Crippen LogP contribution in [-0.2, 0) is 14.3 Å². The summed E-state index contributed by atoms with van der Waals surface area (Å²) in [7, 11) is 1.55. The van der Waals surface area contributed by atoms with E-state index in [-0.39, 0.29) is 31.3 Å². The molecule has 0 aliphatic carbocycles. The molecule has 0 bridgehead atoms. The van der Waals surface area contributed by atoms with E-state index in [9.17, 15) is 14.4 Å². The fraction of sp³-hybridized carbons (Fsp3) is 0.750. The van der Waals surface area contributed by atoms with E-state index in [2.05, 4.69) is 16.0 Å². The first-order chi connectivity index (χ1) is 9.56. The largest absolute Gasteiger partial charge is 0.481 e. The first kappa shape index (κ1) is 18.2. The minimum absolute atomic E-state index is 0.102. The molecule has 8 heteroatoms. The van der Waals surface area contributed by atoms with Gasteiger partial charge in [-0.2, -0.15) is 0 Å². The van der Waals surface area contributed by atoms with E-state index in [0.29, 0.717) is 32.5 Å². The van der Waals surface area contributed by atoms with E-state index in [1.807, 2.05) is 0 Å². The number of ether oxygens (including phenoxy) is 1. The minimum atomic E-state index is -0.839. The highest BCUT2D eigenvalue weighted by Gasteiger charge is 2.03. The molecule has 0 fully saturated rings. The summed E-state index contributed by atoms with van der Waals surface area (Å²) in [5.74, 6) is -0.988. The van der Waals surface area contributed by atoms with E-state index in [4.69, 9.17) is 9.84 Å². The topological polar surface area (TPSA) is 117 Å². The van der Waals surface area contributed by atoms with Crippen LogP contribution in [0.25, 0.3) is 0 Å². The van der Waals surface area contributed by atoms with Crippen molar-refractivity contribution in [2.75, 3.05) is 33.4 Å². The molecule has 0 saturated heterocycles. The number of rotatable bonds is 11. The van der Waals surface area contributed by atoms with Crippen LogP contribution >= 0.6 is 0 Å². The minimum Gasteiger partial charge on any atom is -0.481 e. The second-order valence-corrected chi connectivity index (χ2v) is 4.13. The average Bonchev–Trinajstić information content (AvgIpc) is 2.38. The van der Waals surface area contributed by atoms with Crippen molar-refractivity contribution < 1.29 is 24.2 Å². The van der Waals surface area contributed by atoms with Crippen molar-refractivity contribution in [1.29, 1.82) is 0 Å². The summed E-state index contributed by atoms with van der Waals surface area (Å²) in [5.41, 5.74) is 0. The molecule has 0 aromatic carbocycles. The summed E-state index contributed by atoms with van der Waals surface area (Å²) in [6.45, 7) is 1.57. The van der Waals surface area contributed by atoms with Gasteiger partial charge in [-0.1, -0.05) is 0 Å². The van der Waals surface area contributed by atoms with Crippen molar-refractivity contribution in [2.45, 2.75) is 25.7 Å². The summed E-state index contributed by atoms with van der Waals surface area (Å²) >= 11 is 0. The summed E-state index contributed by atoms with van der Waals surface area (Å²) < 4.78 is 4.78. The molecular weight excluding hydrogens is 266 g/mol. The molecule has 0 saturated carbocycles. The lowest BCUT2D eigenvalue weighted by Crippen LogP contribution is -2.38. The van der Waals surface area contributed by atoms with Crippen molar-refractivity contribution in [1.82, 2.24) is 16.0 Å². The molecule has 4 N–H and O–H groups in total. The zero-order valence-electron chi connectivity index (χ0n) is 11.7. The van der Waals surface area contributed by atoms with Gasteiger partial charge in [0.2, 0.25) is 5.91 Å². The fourth-order valence-corrected chi connectivity index (χ4v) is 1.34. The predicted octanol–water partition coefficient (Wildman–Crippen LogP) is -0.307. The number of amides is 3. The second kappa shape index (κ2) is 12.2. The van der Waals surface area contributed by atoms with Gasteiger partial charge in [0.05, 0.1) is 6.61 Å². The highest BCUT2D eigenvalue weighted by molar-refractivity contribution is 5.78. The van der Waals surface area contributed by atoms with Crippen molar-refractivity contribution in [3.8, 4) is 0 Å². The zero-order valence-corrected chi connectivity index (χ0v) is 11.7. The number of carboxylic acids is 1. The number of urea groups is 1. The molecule has 0 aliphatic heterocycles. The number of carbonyl (C=O) groups excluding carboxylic acids is 2. The van der Waals surface area contributed by atoms with Gasteiger partial charge >= 0.3 is 12.0 Å². The highest BCUT2D eigenvalue weighted by atomic mass is 16.5. The van der Waals surface area contributed by atoms with Crippen LogP contribution < -0.4 is 16.0 Å². The van der Waals surface area contributed by atoms with Gasteiger partial charge in [0.1, 0.15) is 0 Å². The Kier molecular flexibility index (Phi) is 11.1. The molecule has 116 valence electrons. The third kappa shape index (κ3) is 12.6. The SMILES string of the molecule is COCCNC(=O)CCNC(=O)NCCCCC(=O)O. The molecule has 0 unspecified atom stereocenters. The fourth-order valence-electron chi connectivity index (χ4n) is 1.34. The second-order valence-electron chi connectivity index (χ2n) is 4.13. The molecule has 0 spiro atoms. The molecule has 0 heterocycles. The number of hydrogen-bond acceptors (Lipinski definition) is 4. The maximum atomic E-state index is 11.3. The molecule has 0 atom stereocenters. The number of nitrogens with one attached hydrogen (secondary N) is 3. The maximum absolute atomic E-state index is 11.3. The van der Waals surface area contributed by atoms with Crippen LogP contribution in [0.2, 0.25) is 0 Å². The van der Waals surface area contributed by atoms with Crippen LogP contribution in [0.5, 0.6) is 0 Å². The molecule has 0 radical (unpaired) electrons.